The fourth-order valence-electron chi connectivity index (χ4n) is 3.36. The molecule has 1 saturated heterocycles. The van der Waals surface area contributed by atoms with Gasteiger partial charge in [0.15, 0.2) is 0 Å². The van der Waals surface area contributed by atoms with Crippen molar-refractivity contribution in [1.29, 1.82) is 0 Å². The van der Waals surface area contributed by atoms with E-state index in [-0.39, 0.29) is 24.4 Å². The predicted octanol–water partition coefficient (Wildman–Crippen LogP) is 3.54. The Hall–Kier alpha value is -2.40. The quantitative estimate of drug-likeness (QED) is 0.924. The Kier molecular flexibility index (Phi) is 5.66. The molecule has 132 valence electrons. The van der Waals surface area contributed by atoms with Gasteiger partial charge in [-0.05, 0) is 42.6 Å². The Bertz CT molecular complexity index is 708. The first-order valence-electron chi connectivity index (χ1n) is 8.51. The highest BCUT2D eigenvalue weighted by molar-refractivity contribution is 5.67. The average Bonchev–Trinajstić information content (AvgIpc) is 2.60. The molecule has 5 heteroatoms. The van der Waals surface area contributed by atoms with E-state index in [1.165, 1.54) is 6.07 Å². The minimum absolute atomic E-state index is 0.0182. The number of nitrogens with zero attached hydrogens (tertiary/aromatic N) is 1. The molecule has 0 saturated carbocycles. The number of rotatable bonds is 4. The number of likely N-dealkylation sites (N-methyl/N-ethyl adjacent to an activating group) is 1. The Morgan fingerprint density at radius 3 is 2.76 bits per heavy atom. The van der Waals surface area contributed by atoms with Crippen LogP contribution in [-0.2, 0) is 11.3 Å². The number of nitrogens with one attached hydrogen (secondary N) is 1. The molecule has 1 aliphatic heterocycles. The summed E-state index contributed by atoms with van der Waals surface area (Å²) in [5.74, 6) is -0.0358. The van der Waals surface area contributed by atoms with Crippen LogP contribution >= 0.6 is 0 Å². The maximum atomic E-state index is 13.5. The number of likely N-dealkylation sites (tertiary alicyclic amines) is 1. The molecule has 2 aromatic rings. The Morgan fingerprint density at radius 1 is 1.20 bits per heavy atom. The zero-order valence-electron chi connectivity index (χ0n) is 14.3. The topological polar surface area (TPSA) is 41.6 Å². The second-order valence-electron chi connectivity index (χ2n) is 6.61. The van der Waals surface area contributed by atoms with Crippen LogP contribution in [0.25, 0.3) is 0 Å². The van der Waals surface area contributed by atoms with Gasteiger partial charge in [0.25, 0.3) is 0 Å². The smallest absolute Gasteiger partial charge is 0.407 e. The van der Waals surface area contributed by atoms with Crippen molar-refractivity contribution in [3.05, 3.63) is 71.5 Å². The number of hydrogen-bond acceptors (Lipinski definition) is 3. The molecule has 1 amide bonds. The standard InChI is InChI=1S/C20H23FN2O2/c1-23-12-17(16-8-5-9-18(21)10-16)11-19(13-23)22-20(24)25-14-15-6-3-2-4-7-15/h2-10,17,19H,11-14H2,1H3,(H,22,24). The summed E-state index contributed by atoms with van der Waals surface area (Å²) in [5, 5.41) is 2.94. The lowest BCUT2D eigenvalue weighted by Gasteiger charge is -2.36. The molecule has 1 aliphatic rings. The summed E-state index contributed by atoms with van der Waals surface area (Å²) in [7, 11) is 2.01. The van der Waals surface area contributed by atoms with Crippen molar-refractivity contribution in [3.8, 4) is 0 Å². The van der Waals surface area contributed by atoms with Crippen molar-refractivity contribution in [2.45, 2.75) is 25.0 Å². The fourth-order valence-corrected chi connectivity index (χ4v) is 3.36. The molecule has 0 aromatic heterocycles. The SMILES string of the molecule is CN1CC(NC(=O)OCc2ccccc2)CC(c2cccc(F)c2)C1. The van der Waals surface area contributed by atoms with Crippen LogP contribution in [0.3, 0.4) is 0 Å². The first kappa shape index (κ1) is 17.4. The van der Waals surface area contributed by atoms with Crippen LogP contribution in [0.5, 0.6) is 0 Å². The molecular weight excluding hydrogens is 319 g/mol. The maximum absolute atomic E-state index is 13.5. The molecule has 4 nitrogen and oxygen atoms in total. The van der Waals surface area contributed by atoms with E-state index in [9.17, 15) is 9.18 Å². The molecule has 0 radical (unpaired) electrons. The van der Waals surface area contributed by atoms with E-state index >= 15 is 0 Å². The molecule has 2 atom stereocenters. The number of hydrogen-bond donors (Lipinski definition) is 1. The van der Waals surface area contributed by atoms with Gasteiger partial charge >= 0.3 is 6.09 Å². The van der Waals surface area contributed by atoms with Crippen LogP contribution in [0.15, 0.2) is 54.6 Å². The summed E-state index contributed by atoms with van der Waals surface area (Å²) in [5.41, 5.74) is 1.92. The third-order valence-corrected chi connectivity index (χ3v) is 4.49. The molecule has 3 rings (SSSR count). The molecule has 25 heavy (non-hydrogen) atoms. The highest BCUT2D eigenvalue weighted by atomic mass is 19.1. The molecule has 1 N–H and O–H groups in total. The Labute approximate surface area is 147 Å². The normalized spacial score (nSPS) is 20.9. The van der Waals surface area contributed by atoms with Gasteiger partial charge in [0.05, 0.1) is 0 Å². The monoisotopic (exact) mass is 342 g/mol. The molecular formula is C20H23FN2O2. The van der Waals surface area contributed by atoms with E-state index in [1.807, 2.05) is 43.4 Å². The highest BCUT2D eigenvalue weighted by Crippen LogP contribution is 2.27. The van der Waals surface area contributed by atoms with Crippen LogP contribution in [0.1, 0.15) is 23.5 Å². The fraction of sp³-hybridized carbons (Fsp3) is 0.350. The first-order chi connectivity index (χ1) is 12.1. The minimum Gasteiger partial charge on any atom is -0.445 e. The number of alkyl carbamates (subject to hydrolysis) is 1. The van der Waals surface area contributed by atoms with Crippen molar-refractivity contribution in [3.63, 3.8) is 0 Å². The molecule has 2 unspecified atom stereocenters. The number of halogens is 1. The van der Waals surface area contributed by atoms with Gasteiger partial charge in [-0.1, -0.05) is 42.5 Å². The van der Waals surface area contributed by atoms with Crippen LogP contribution in [0.4, 0.5) is 9.18 Å². The number of carbonyl (C=O) groups is 1. The predicted molar refractivity (Wildman–Crippen MR) is 94.8 cm³/mol. The van der Waals surface area contributed by atoms with Crippen LogP contribution < -0.4 is 5.32 Å². The summed E-state index contributed by atoms with van der Waals surface area (Å²) in [6.07, 6.45) is 0.357. The van der Waals surface area contributed by atoms with Gasteiger partial charge < -0.3 is 15.0 Å². The Balaban J connectivity index is 1.55. The van der Waals surface area contributed by atoms with Crippen LogP contribution in [-0.4, -0.2) is 37.2 Å². The second-order valence-corrected chi connectivity index (χ2v) is 6.61. The van der Waals surface area contributed by atoms with Crippen molar-refractivity contribution < 1.29 is 13.9 Å². The van der Waals surface area contributed by atoms with Crippen molar-refractivity contribution in [1.82, 2.24) is 10.2 Å². The number of ether oxygens (including phenoxy) is 1. The van der Waals surface area contributed by atoms with Gasteiger partial charge in [-0.25, -0.2) is 9.18 Å². The largest absolute Gasteiger partial charge is 0.445 e. The van der Waals surface area contributed by atoms with Gasteiger partial charge in [0.2, 0.25) is 0 Å². The summed E-state index contributed by atoms with van der Waals surface area (Å²) in [6, 6.07) is 16.3. The van der Waals surface area contributed by atoms with E-state index < -0.39 is 6.09 Å². The highest BCUT2D eigenvalue weighted by Gasteiger charge is 2.28. The molecule has 1 fully saturated rings. The van der Waals surface area contributed by atoms with E-state index in [1.54, 1.807) is 12.1 Å². The Morgan fingerprint density at radius 2 is 2.00 bits per heavy atom. The van der Waals surface area contributed by atoms with Gasteiger partial charge in [-0.15, -0.1) is 0 Å². The van der Waals surface area contributed by atoms with Crippen molar-refractivity contribution >= 4 is 6.09 Å². The van der Waals surface area contributed by atoms with Gasteiger partial charge in [-0.3, -0.25) is 0 Å². The summed E-state index contributed by atoms with van der Waals surface area (Å²) < 4.78 is 18.8. The van der Waals surface area contributed by atoms with Crippen molar-refractivity contribution in [2.24, 2.45) is 0 Å². The number of amides is 1. The maximum Gasteiger partial charge on any atom is 0.407 e. The van der Waals surface area contributed by atoms with Gasteiger partial charge in [0, 0.05) is 19.1 Å². The van der Waals surface area contributed by atoms with E-state index in [0.29, 0.717) is 0 Å². The van der Waals surface area contributed by atoms with Crippen LogP contribution in [0, 0.1) is 5.82 Å². The summed E-state index contributed by atoms with van der Waals surface area (Å²) in [4.78, 5) is 14.2. The number of piperidine rings is 1. The lowest BCUT2D eigenvalue weighted by molar-refractivity contribution is 0.125. The van der Waals surface area contributed by atoms with Crippen LogP contribution in [0.2, 0.25) is 0 Å². The summed E-state index contributed by atoms with van der Waals surface area (Å²) in [6.45, 7) is 1.86. The van der Waals surface area contributed by atoms with Crippen molar-refractivity contribution in [2.75, 3.05) is 20.1 Å². The third kappa shape index (κ3) is 5.03. The summed E-state index contributed by atoms with van der Waals surface area (Å²) >= 11 is 0. The van der Waals surface area contributed by atoms with E-state index in [0.717, 1.165) is 30.6 Å². The molecule has 1 heterocycles. The first-order valence-corrected chi connectivity index (χ1v) is 8.51. The third-order valence-electron chi connectivity index (χ3n) is 4.49. The molecule has 0 bridgehead atoms. The minimum atomic E-state index is -0.415. The van der Waals surface area contributed by atoms with Gasteiger partial charge in [0.1, 0.15) is 12.4 Å². The molecule has 0 spiro atoms. The lowest BCUT2D eigenvalue weighted by atomic mass is 9.88. The second kappa shape index (κ2) is 8.12. The molecule has 0 aliphatic carbocycles. The zero-order valence-corrected chi connectivity index (χ0v) is 14.3. The van der Waals surface area contributed by atoms with E-state index in [4.69, 9.17) is 4.74 Å². The molecule has 2 aromatic carbocycles. The lowest BCUT2D eigenvalue weighted by Crippen LogP contribution is -2.48. The average molecular weight is 342 g/mol. The number of benzene rings is 2. The number of carbonyl (C=O) groups excluding carboxylic acids is 1. The van der Waals surface area contributed by atoms with E-state index in [2.05, 4.69) is 10.2 Å². The van der Waals surface area contributed by atoms with Gasteiger partial charge in [-0.2, -0.15) is 0 Å². The zero-order chi connectivity index (χ0) is 17.6.